The van der Waals surface area contributed by atoms with E-state index in [0.717, 1.165) is 11.1 Å². The van der Waals surface area contributed by atoms with Crippen molar-refractivity contribution in [3.63, 3.8) is 0 Å². The first-order valence-corrected chi connectivity index (χ1v) is 11.3. The van der Waals surface area contributed by atoms with Crippen LogP contribution >= 0.6 is 0 Å². The summed E-state index contributed by atoms with van der Waals surface area (Å²) in [5.41, 5.74) is 0.288. The molecule has 2 heterocycles. The number of aryl methyl sites for hydroxylation is 1. The van der Waals surface area contributed by atoms with Gasteiger partial charge in [-0.1, -0.05) is 30.3 Å². The van der Waals surface area contributed by atoms with E-state index in [0.29, 0.717) is 37.5 Å². The van der Waals surface area contributed by atoms with Crippen LogP contribution in [0.15, 0.2) is 40.1 Å². The highest BCUT2D eigenvalue weighted by molar-refractivity contribution is 5.81. The Morgan fingerprint density at radius 2 is 2.03 bits per heavy atom. The molecule has 0 radical (unpaired) electrons. The highest BCUT2D eigenvalue weighted by atomic mass is 16.5. The van der Waals surface area contributed by atoms with Gasteiger partial charge in [0.2, 0.25) is 11.8 Å². The number of nitrogens with zero attached hydrogens (tertiary/aromatic N) is 2. The Hall–Kier alpha value is -4.49. The number of hydrogen-bond acceptors (Lipinski definition) is 10. The minimum atomic E-state index is -1.64. The smallest absolute Gasteiger partial charge is 0.408 e. The molecule has 2 aromatic rings. The van der Waals surface area contributed by atoms with Crippen molar-refractivity contribution in [3.05, 3.63) is 52.1 Å². The number of aromatic amines is 1. The zero-order valence-corrected chi connectivity index (χ0v) is 19.4. The van der Waals surface area contributed by atoms with Gasteiger partial charge < -0.3 is 46.0 Å². The number of hydrogen-bond donors (Lipinski definition) is 6. The number of aromatic nitrogens is 2. The van der Waals surface area contributed by atoms with Gasteiger partial charge >= 0.3 is 11.8 Å². The summed E-state index contributed by atoms with van der Waals surface area (Å²) in [6.45, 7) is 0.901. The Kier molecular flexibility index (Phi) is 9.31. The number of imidazole rings is 1. The second kappa shape index (κ2) is 12.8. The van der Waals surface area contributed by atoms with Crippen LogP contribution in [0.4, 0.5) is 4.79 Å². The lowest BCUT2D eigenvalue weighted by atomic mass is 10.2. The number of carbonyl (C=O) groups excluding carboxylic acids is 3. The number of nitrogens with one attached hydrogen (secondary N) is 5. The fraction of sp³-hybridized carbons (Fsp3) is 0.409. The maximum atomic E-state index is 12.3. The molecule has 14 heteroatoms. The number of ether oxygens (including phenoxy) is 1. The fourth-order valence-electron chi connectivity index (χ4n) is 3.34. The van der Waals surface area contributed by atoms with Crippen molar-refractivity contribution >= 4 is 23.9 Å². The molecule has 1 aliphatic rings. The molecule has 14 nitrogen and oxygen atoms in total. The van der Waals surface area contributed by atoms with Gasteiger partial charge in [0.1, 0.15) is 13.2 Å². The van der Waals surface area contributed by atoms with Crippen LogP contribution in [-0.4, -0.2) is 70.8 Å². The van der Waals surface area contributed by atoms with Crippen molar-refractivity contribution in [2.75, 3.05) is 26.2 Å². The molecule has 1 atom stereocenters. The first-order valence-electron chi connectivity index (χ1n) is 11.3. The van der Waals surface area contributed by atoms with Crippen LogP contribution in [0.1, 0.15) is 17.7 Å². The maximum absolute atomic E-state index is 12.3. The Labute approximate surface area is 205 Å². The minimum absolute atomic E-state index is 0.0709. The van der Waals surface area contributed by atoms with Gasteiger partial charge in [-0.05, 0) is 18.4 Å². The number of carboxylic acids is 1. The van der Waals surface area contributed by atoms with Crippen molar-refractivity contribution < 1.29 is 29.3 Å². The number of alkyl carbamates (subject to hydrolysis) is 1. The third kappa shape index (κ3) is 7.78. The number of amides is 2. The summed E-state index contributed by atoms with van der Waals surface area (Å²) >= 11 is 0. The summed E-state index contributed by atoms with van der Waals surface area (Å²) in [6.07, 6.45) is -0.0750. The monoisotopic (exact) mass is 502 g/mol. The molecule has 2 amide bonds. The average Bonchev–Trinajstić information content (AvgIpc) is 3.47. The van der Waals surface area contributed by atoms with E-state index in [4.69, 9.17) is 4.74 Å². The number of aromatic hydroxyl groups is 1. The van der Waals surface area contributed by atoms with Crippen LogP contribution in [0.5, 0.6) is 5.88 Å². The first-order chi connectivity index (χ1) is 17.3. The van der Waals surface area contributed by atoms with Gasteiger partial charge in [-0.3, -0.25) is 14.4 Å². The Balaban J connectivity index is 1.44. The van der Waals surface area contributed by atoms with E-state index in [-0.39, 0.29) is 18.2 Å². The molecular formula is C22H28N7O7-. The van der Waals surface area contributed by atoms with Crippen molar-refractivity contribution in [2.24, 2.45) is 4.99 Å². The third-order valence-corrected chi connectivity index (χ3v) is 5.19. The van der Waals surface area contributed by atoms with Gasteiger partial charge in [0, 0.05) is 19.6 Å². The Bertz CT molecular complexity index is 1140. The standard InChI is InChI=1S/C22H29N7O7/c30-17(26-11-16(19(32)33)28-22(35)36-13-14-5-2-1-3-6-14)12-29-18(31)15(27-21(29)34)7-4-8-23-20-24-9-10-25-20/h1-3,5-6,16,31H,4,7-13H2,(H,26,30)(H,27,34)(H,28,35)(H,32,33)(H2,23,24,25)/p-1. The van der Waals surface area contributed by atoms with Gasteiger partial charge in [-0.15, -0.1) is 0 Å². The van der Waals surface area contributed by atoms with Gasteiger partial charge in [-0.25, -0.2) is 9.59 Å². The molecule has 0 saturated carbocycles. The number of guanidine groups is 1. The quantitative estimate of drug-likeness (QED) is 0.170. The van der Waals surface area contributed by atoms with Crippen LogP contribution in [0.3, 0.4) is 0 Å². The summed E-state index contributed by atoms with van der Waals surface area (Å²) in [5.74, 6) is -2.07. The summed E-state index contributed by atoms with van der Waals surface area (Å²) in [7, 11) is 0. The SMILES string of the molecule is O=C(Cn1c(O)c(CCCNC2=NCCN2)[nH]c1=O)NCC(NC(=O)OCc1ccccc1)C(=O)[O-]. The lowest BCUT2D eigenvalue weighted by molar-refractivity contribution is -0.308. The fourth-order valence-corrected chi connectivity index (χ4v) is 3.34. The average molecular weight is 503 g/mol. The highest BCUT2D eigenvalue weighted by Crippen LogP contribution is 2.14. The molecule has 36 heavy (non-hydrogen) atoms. The van der Waals surface area contributed by atoms with Crippen molar-refractivity contribution in [3.8, 4) is 5.88 Å². The van der Waals surface area contributed by atoms with Crippen LogP contribution < -0.4 is 32.1 Å². The summed E-state index contributed by atoms with van der Waals surface area (Å²) in [5, 5.41) is 32.2. The van der Waals surface area contributed by atoms with E-state index in [9.17, 15) is 29.4 Å². The molecule has 1 aromatic heterocycles. The van der Waals surface area contributed by atoms with E-state index in [1.807, 2.05) is 0 Å². The van der Waals surface area contributed by atoms with Crippen molar-refractivity contribution in [2.45, 2.75) is 32.0 Å². The molecule has 0 fully saturated rings. The minimum Gasteiger partial charge on any atom is -0.548 e. The van der Waals surface area contributed by atoms with E-state index in [1.54, 1.807) is 30.3 Å². The van der Waals surface area contributed by atoms with E-state index in [2.05, 4.69) is 31.2 Å². The van der Waals surface area contributed by atoms with Gasteiger partial charge in [0.05, 0.1) is 24.2 Å². The number of aliphatic carboxylic acids is 1. The normalized spacial score (nSPS) is 13.3. The van der Waals surface area contributed by atoms with Crippen LogP contribution in [0.25, 0.3) is 0 Å². The number of rotatable bonds is 12. The lowest BCUT2D eigenvalue weighted by Gasteiger charge is -2.20. The predicted octanol–water partition coefficient (Wildman–Crippen LogP) is -2.48. The summed E-state index contributed by atoms with van der Waals surface area (Å²) in [6, 6.07) is 7.20. The van der Waals surface area contributed by atoms with E-state index >= 15 is 0 Å². The number of carbonyl (C=O) groups is 3. The highest BCUT2D eigenvalue weighted by Gasteiger charge is 2.19. The third-order valence-electron chi connectivity index (χ3n) is 5.19. The zero-order valence-electron chi connectivity index (χ0n) is 19.4. The molecular weight excluding hydrogens is 474 g/mol. The maximum Gasteiger partial charge on any atom is 0.408 e. The van der Waals surface area contributed by atoms with Crippen molar-refractivity contribution in [1.29, 1.82) is 0 Å². The molecule has 194 valence electrons. The van der Waals surface area contributed by atoms with Gasteiger partial charge in [0.15, 0.2) is 5.96 Å². The molecule has 0 bridgehead atoms. The van der Waals surface area contributed by atoms with E-state index in [1.165, 1.54) is 0 Å². The van der Waals surface area contributed by atoms with Crippen LogP contribution in [-0.2, 0) is 33.9 Å². The number of H-pyrrole nitrogens is 1. The molecule has 0 spiro atoms. The molecule has 3 rings (SSSR count). The molecule has 1 aromatic carbocycles. The molecule has 1 aliphatic heterocycles. The zero-order chi connectivity index (χ0) is 25.9. The van der Waals surface area contributed by atoms with Gasteiger partial charge in [0.25, 0.3) is 0 Å². The number of carboxylic acid groups (broad SMARTS) is 1. The predicted molar refractivity (Wildman–Crippen MR) is 125 cm³/mol. The topological polar surface area (TPSA) is 202 Å². The molecule has 1 unspecified atom stereocenters. The van der Waals surface area contributed by atoms with E-state index < -0.39 is 42.8 Å². The van der Waals surface area contributed by atoms with Crippen LogP contribution in [0.2, 0.25) is 0 Å². The number of aliphatic imine (C=N–C) groups is 1. The molecule has 0 saturated heterocycles. The van der Waals surface area contributed by atoms with Gasteiger partial charge in [-0.2, -0.15) is 0 Å². The lowest BCUT2D eigenvalue weighted by Crippen LogP contribution is -2.54. The first kappa shape index (κ1) is 26.1. The summed E-state index contributed by atoms with van der Waals surface area (Å²) in [4.78, 5) is 54.4. The second-order valence-electron chi connectivity index (χ2n) is 7.89. The molecule has 6 N–H and O–H groups in total. The molecule has 0 aliphatic carbocycles. The summed E-state index contributed by atoms with van der Waals surface area (Å²) < 4.78 is 5.79. The Morgan fingerprint density at radius 3 is 2.72 bits per heavy atom. The van der Waals surface area contributed by atoms with Crippen LogP contribution in [0, 0.1) is 0 Å². The largest absolute Gasteiger partial charge is 0.548 e. The second-order valence-corrected chi connectivity index (χ2v) is 7.89. The Morgan fingerprint density at radius 1 is 1.25 bits per heavy atom. The van der Waals surface area contributed by atoms with Crippen molar-refractivity contribution in [1.82, 2.24) is 30.8 Å². The number of benzene rings is 1.